The summed E-state index contributed by atoms with van der Waals surface area (Å²) in [7, 11) is 1.38. The lowest BCUT2D eigenvalue weighted by Gasteiger charge is -2.17. The lowest BCUT2D eigenvalue weighted by atomic mass is 10.2. The number of hydrogen-bond donors (Lipinski definition) is 0. The monoisotopic (exact) mass is 334 g/mol. The van der Waals surface area contributed by atoms with Crippen LogP contribution in [0.25, 0.3) is 0 Å². The molecule has 3 rings (SSSR count). The van der Waals surface area contributed by atoms with Crippen molar-refractivity contribution in [2.75, 3.05) is 13.7 Å². The molecule has 124 valence electrons. The van der Waals surface area contributed by atoms with Crippen molar-refractivity contribution in [2.24, 2.45) is 0 Å². The van der Waals surface area contributed by atoms with Crippen LogP contribution in [-0.2, 0) is 24.4 Å². The highest BCUT2D eigenvalue weighted by Crippen LogP contribution is 2.21. The van der Waals surface area contributed by atoms with Crippen LogP contribution in [0, 0.1) is 0 Å². The van der Waals surface area contributed by atoms with Gasteiger partial charge >= 0.3 is 5.97 Å². The Morgan fingerprint density at radius 1 is 1.43 bits per heavy atom. The van der Waals surface area contributed by atoms with E-state index in [1.807, 2.05) is 10.7 Å². The predicted octanol–water partition coefficient (Wildman–Crippen LogP) is 2.66. The molecule has 0 aromatic carbocycles. The fourth-order valence-electron chi connectivity index (χ4n) is 2.72. The van der Waals surface area contributed by atoms with E-state index in [4.69, 9.17) is 9.72 Å². The Labute approximate surface area is 140 Å². The minimum atomic E-state index is -0.376. The zero-order chi connectivity index (χ0) is 16.4. The molecular formula is C16H22N4O2S. The minimum absolute atomic E-state index is 0.376. The zero-order valence-electron chi connectivity index (χ0n) is 13.8. The Morgan fingerprint density at radius 2 is 2.26 bits per heavy atom. The van der Waals surface area contributed by atoms with Crippen LogP contribution >= 0.6 is 11.3 Å². The molecule has 0 saturated heterocycles. The third kappa shape index (κ3) is 3.61. The maximum Gasteiger partial charge on any atom is 0.358 e. The van der Waals surface area contributed by atoms with E-state index in [0.29, 0.717) is 11.6 Å². The van der Waals surface area contributed by atoms with Crippen molar-refractivity contribution in [2.45, 2.75) is 45.8 Å². The van der Waals surface area contributed by atoms with Gasteiger partial charge < -0.3 is 4.74 Å². The number of rotatable bonds is 4. The number of methoxy groups -OCH3 is 1. The Bertz CT molecular complexity index is 692. The molecule has 0 aliphatic carbocycles. The second-order valence-corrected chi connectivity index (χ2v) is 7.06. The summed E-state index contributed by atoms with van der Waals surface area (Å²) in [6.45, 7) is 7.79. The summed E-state index contributed by atoms with van der Waals surface area (Å²) in [6.07, 6.45) is 1.01. The second kappa shape index (κ2) is 6.80. The van der Waals surface area contributed by atoms with Crippen molar-refractivity contribution < 1.29 is 9.53 Å². The molecule has 23 heavy (non-hydrogen) atoms. The Kier molecular flexibility index (Phi) is 4.77. The van der Waals surface area contributed by atoms with Crippen molar-refractivity contribution >= 4 is 17.3 Å². The number of fused-ring (bicyclic) bond motifs is 1. The molecular weight excluding hydrogens is 312 g/mol. The fourth-order valence-corrected chi connectivity index (χ4v) is 3.72. The third-order valence-corrected chi connectivity index (χ3v) is 4.86. The Hall–Kier alpha value is -1.73. The molecule has 0 N–H and O–H groups in total. The summed E-state index contributed by atoms with van der Waals surface area (Å²) < 4.78 is 6.68. The molecule has 0 unspecified atom stereocenters. The van der Waals surface area contributed by atoms with Crippen molar-refractivity contribution in [1.82, 2.24) is 19.7 Å². The molecule has 6 nitrogen and oxygen atoms in total. The van der Waals surface area contributed by atoms with Crippen molar-refractivity contribution in [1.29, 1.82) is 0 Å². The molecule has 3 heterocycles. The molecule has 0 atom stereocenters. The first kappa shape index (κ1) is 16.1. The highest BCUT2D eigenvalue weighted by molar-refractivity contribution is 7.09. The van der Waals surface area contributed by atoms with E-state index >= 15 is 0 Å². The summed E-state index contributed by atoms with van der Waals surface area (Å²) in [5.74, 6) is 0.0896. The van der Waals surface area contributed by atoms with Crippen molar-refractivity contribution in [3.63, 3.8) is 0 Å². The normalized spacial score (nSPS) is 15.5. The van der Waals surface area contributed by atoms with Gasteiger partial charge in [-0.15, -0.1) is 11.3 Å². The molecule has 1 aliphatic rings. The van der Waals surface area contributed by atoms with Crippen LogP contribution in [0.4, 0.5) is 0 Å². The van der Waals surface area contributed by atoms with Gasteiger partial charge in [-0.25, -0.2) is 9.78 Å². The SMILES string of the molecule is COC(=O)c1cc2n(n1)CCCN(Cc1nc(C(C)C)cs1)C2. The zero-order valence-corrected chi connectivity index (χ0v) is 14.6. The molecule has 0 spiro atoms. The van der Waals surface area contributed by atoms with Crippen LogP contribution in [0.2, 0.25) is 0 Å². The molecule has 0 radical (unpaired) electrons. The summed E-state index contributed by atoms with van der Waals surface area (Å²) >= 11 is 1.72. The van der Waals surface area contributed by atoms with Gasteiger partial charge in [0.15, 0.2) is 5.69 Å². The van der Waals surface area contributed by atoms with E-state index < -0.39 is 0 Å². The number of ether oxygens (including phenoxy) is 1. The standard InChI is InChI=1S/C16H22N4O2S/c1-11(2)14-10-23-15(17-14)9-19-5-4-6-20-12(8-19)7-13(18-20)16(21)22-3/h7,10-11H,4-6,8-9H2,1-3H3. The minimum Gasteiger partial charge on any atom is -0.464 e. The first-order chi connectivity index (χ1) is 11.1. The summed E-state index contributed by atoms with van der Waals surface area (Å²) in [4.78, 5) is 18.7. The van der Waals surface area contributed by atoms with Crippen LogP contribution in [0.3, 0.4) is 0 Å². The largest absolute Gasteiger partial charge is 0.464 e. The summed E-state index contributed by atoms with van der Waals surface area (Å²) in [5, 5.41) is 7.65. The number of hydrogen-bond acceptors (Lipinski definition) is 6. The van der Waals surface area contributed by atoms with Gasteiger partial charge in [-0.2, -0.15) is 5.10 Å². The van der Waals surface area contributed by atoms with Gasteiger partial charge in [-0.05, 0) is 18.4 Å². The van der Waals surface area contributed by atoms with Crippen LogP contribution in [-0.4, -0.2) is 39.3 Å². The summed E-state index contributed by atoms with van der Waals surface area (Å²) in [6, 6.07) is 1.84. The van der Waals surface area contributed by atoms with E-state index in [1.54, 1.807) is 11.3 Å². The quantitative estimate of drug-likeness (QED) is 0.805. The molecule has 1 aliphatic heterocycles. The Morgan fingerprint density at radius 3 is 2.96 bits per heavy atom. The van der Waals surface area contributed by atoms with Gasteiger partial charge in [0.05, 0.1) is 25.0 Å². The van der Waals surface area contributed by atoms with Crippen LogP contribution in [0.1, 0.15) is 53.1 Å². The van der Waals surface area contributed by atoms with Gasteiger partial charge in [0.25, 0.3) is 0 Å². The van der Waals surface area contributed by atoms with E-state index in [2.05, 4.69) is 29.2 Å². The average molecular weight is 334 g/mol. The Balaban J connectivity index is 1.72. The molecule has 7 heteroatoms. The smallest absolute Gasteiger partial charge is 0.358 e. The number of carbonyl (C=O) groups excluding carboxylic acids is 1. The van der Waals surface area contributed by atoms with Gasteiger partial charge in [0, 0.05) is 25.0 Å². The number of carbonyl (C=O) groups is 1. The van der Waals surface area contributed by atoms with E-state index in [0.717, 1.165) is 49.0 Å². The second-order valence-electron chi connectivity index (χ2n) is 6.12. The first-order valence-electron chi connectivity index (χ1n) is 7.88. The first-order valence-corrected chi connectivity index (χ1v) is 8.76. The number of thiazole rings is 1. The van der Waals surface area contributed by atoms with Gasteiger partial charge in [0.1, 0.15) is 5.01 Å². The van der Waals surface area contributed by atoms with E-state index in [9.17, 15) is 4.79 Å². The summed E-state index contributed by atoms with van der Waals surface area (Å²) in [5.41, 5.74) is 2.61. The van der Waals surface area contributed by atoms with E-state index in [1.165, 1.54) is 7.11 Å². The fraction of sp³-hybridized carbons (Fsp3) is 0.562. The van der Waals surface area contributed by atoms with Crippen molar-refractivity contribution in [3.8, 4) is 0 Å². The van der Waals surface area contributed by atoms with Crippen LogP contribution < -0.4 is 0 Å². The van der Waals surface area contributed by atoms with Crippen LogP contribution in [0.15, 0.2) is 11.4 Å². The lowest BCUT2D eigenvalue weighted by Crippen LogP contribution is -2.22. The highest BCUT2D eigenvalue weighted by Gasteiger charge is 2.20. The molecule has 0 saturated carbocycles. The predicted molar refractivity (Wildman–Crippen MR) is 88.5 cm³/mol. The topological polar surface area (TPSA) is 60.3 Å². The maximum absolute atomic E-state index is 11.6. The van der Waals surface area contributed by atoms with Crippen molar-refractivity contribution in [3.05, 3.63) is 33.5 Å². The molecule has 0 amide bonds. The number of aryl methyl sites for hydroxylation is 1. The average Bonchev–Trinajstić information content (AvgIpc) is 3.10. The van der Waals surface area contributed by atoms with Crippen LogP contribution in [0.5, 0.6) is 0 Å². The molecule has 0 bridgehead atoms. The third-order valence-electron chi connectivity index (χ3n) is 4.01. The lowest BCUT2D eigenvalue weighted by molar-refractivity contribution is 0.0593. The number of aromatic nitrogens is 3. The molecule has 2 aromatic heterocycles. The van der Waals surface area contributed by atoms with E-state index in [-0.39, 0.29) is 5.97 Å². The molecule has 0 fully saturated rings. The highest BCUT2D eigenvalue weighted by atomic mass is 32.1. The van der Waals surface area contributed by atoms with Gasteiger partial charge in [-0.1, -0.05) is 13.8 Å². The molecule has 2 aromatic rings. The number of nitrogens with zero attached hydrogens (tertiary/aromatic N) is 4. The number of esters is 1. The van der Waals surface area contributed by atoms with Gasteiger partial charge in [-0.3, -0.25) is 9.58 Å². The maximum atomic E-state index is 11.6. The van der Waals surface area contributed by atoms with Gasteiger partial charge in [0.2, 0.25) is 0 Å².